The number of carbonyl (C=O) groups excluding carboxylic acids is 3. The van der Waals surface area contributed by atoms with Crippen LogP contribution in [-0.4, -0.2) is 51.9 Å². The van der Waals surface area contributed by atoms with Gasteiger partial charge in [0.25, 0.3) is 23.0 Å². The number of carbonyl (C=O) groups is 3. The van der Waals surface area contributed by atoms with Gasteiger partial charge in [0.15, 0.2) is 6.04 Å². The first-order valence-corrected chi connectivity index (χ1v) is 12.9. The van der Waals surface area contributed by atoms with Crippen LogP contribution in [0, 0.1) is 30.3 Å². The molecule has 1 heterocycles. The lowest BCUT2D eigenvalue weighted by Crippen LogP contribution is -2.50. The van der Waals surface area contributed by atoms with Gasteiger partial charge in [0.2, 0.25) is 0 Å². The number of nitrogens with zero attached hydrogens (tertiary/aromatic N) is 3. The third-order valence-corrected chi connectivity index (χ3v) is 6.81. The summed E-state index contributed by atoms with van der Waals surface area (Å²) in [4.78, 5) is 70.8. The molecule has 3 atom stereocenters. The molecule has 0 saturated heterocycles. The molecule has 0 bridgehead atoms. The van der Waals surface area contributed by atoms with Gasteiger partial charge in [-0.2, -0.15) is 13.2 Å². The first-order valence-electron chi connectivity index (χ1n) is 12.9. The van der Waals surface area contributed by atoms with E-state index in [1.807, 2.05) is 0 Å². The van der Waals surface area contributed by atoms with Gasteiger partial charge in [-0.05, 0) is 32.4 Å². The molecule has 16 nitrogen and oxygen atoms in total. The molecule has 244 valence electrons. The van der Waals surface area contributed by atoms with Gasteiger partial charge in [-0.25, -0.2) is 9.59 Å². The van der Waals surface area contributed by atoms with Crippen LogP contribution in [0.1, 0.15) is 48.2 Å². The molecule has 1 amide bonds. The molecule has 0 radical (unpaired) electrons. The predicted molar refractivity (Wildman–Crippen MR) is 148 cm³/mol. The molecule has 0 spiro atoms. The van der Waals surface area contributed by atoms with Crippen molar-refractivity contribution in [3.63, 3.8) is 0 Å². The number of halogens is 3. The first-order chi connectivity index (χ1) is 21.4. The van der Waals surface area contributed by atoms with E-state index in [0.29, 0.717) is 24.3 Å². The maximum atomic E-state index is 14.0. The van der Waals surface area contributed by atoms with Crippen LogP contribution >= 0.6 is 0 Å². The van der Waals surface area contributed by atoms with Crippen molar-refractivity contribution in [2.24, 2.45) is 0 Å². The molecule has 1 aliphatic rings. The fourth-order valence-electron chi connectivity index (χ4n) is 4.76. The average Bonchev–Trinajstić information content (AvgIpc) is 2.97. The van der Waals surface area contributed by atoms with Crippen LogP contribution in [0.5, 0.6) is 0 Å². The summed E-state index contributed by atoms with van der Waals surface area (Å²) in [6.07, 6.45) is -6.66. The van der Waals surface area contributed by atoms with Crippen molar-refractivity contribution in [2.45, 2.75) is 45.0 Å². The van der Waals surface area contributed by atoms with Crippen molar-refractivity contribution in [1.82, 2.24) is 10.6 Å². The number of hydrogen-bond acceptors (Lipinski definition) is 12. The lowest BCUT2D eigenvalue weighted by atomic mass is 9.81. The number of hydrogen-bond donors (Lipinski definition) is 2. The number of alkyl halides is 3. The van der Waals surface area contributed by atoms with E-state index in [1.165, 1.54) is 19.9 Å². The fourth-order valence-corrected chi connectivity index (χ4v) is 4.76. The highest BCUT2D eigenvalue weighted by atomic mass is 19.4. The molecule has 0 unspecified atom stereocenters. The number of amides is 1. The SMILES string of the molecule is COC(=O)[C@H](NC(=O)c1cc([N+](=O)[O-])cc([N+](=O)[O-])c1)[C@H](C)OC(=O)C1=C(C)NC(C)=C([N+](=O)[O-])[C@@H]1c1ccccc1C(F)(F)F. The highest BCUT2D eigenvalue weighted by Gasteiger charge is 2.46. The second-order valence-corrected chi connectivity index (χ2v) is 9.79. The molecule has 0 saturated carbocycles. The van der Waals surface area contributed by atoms with E-state index in [-0.39, 0.29) is 11.4 Å². The average molecular weight is 652 g/mol. The number of nitrogens with one attached hydrogen (secondary N) is 2. The minimum Gasteiger partial charge on any atom is -0.467 e. The molecule has 46 heavy (non-hydrogen) atoms. The number of ether oxygens (including phenoxy) is 2. The number of allylic oxidation sites excluding steroid dienone is 3. The Morgan fingerprint density at radius 2 is 1.50 bits per heavy atom. The minimum absolute atomic E-state index is 0.107. The summed E-state index contributed by atoms with van der Waals surface area (Å²) in [7, 11) is 0.896. The van der Waals surface area contributed by atoms with Crippen molar-refractivity contribution < 1.29 is 51.8 Å². The van der Waals surface area contributed by atoms with E-state index in [4.69, 9.17) is 4.74 Å². The van der Waals surface area contributed by atoms with Gasteiger partial charge < -0.3 is 20.1 Å². The van der Waals surface area contributed by atoms with Crippen LogP contribution in [0.25, 0.3) is 0 Å². The maximum Gasteiger partial charge on any atom is 0.416 e. The first kappa shape index (κ1) is 34.6. The number of non-ortho nitro benzene ring substituents is 2. The fraction of sp³-hybridized carbons (Fsp3) is 0.296. The summed E-state index contributed by atoms with van der Waals surface area (Å²) in [6.45, 7) is 3.58. The largest absolute Gasteiger partial charge is 0.467 e. The van der Waals surface area contributed by atoms with Crippen LogP contribution in [0.2, 0.25) is 0 Å². The number of benzene rings is 2. The van der Waals surface area contributed by atoms with Gasteiger partial charge in [0.05, 0.1) is 50.3 Å². The zero-order valence-corrected chi connectivity index (χ0v) is 24.2. The summed E-state index contributed by atoms with van der Waals surface area (Å²) in [6, 6.07) is 4.01. The van der Waals surface area contributed by atoms with Crippen LogP contribution < -0.4 is 10.6 Å². The van der Waals surface area contributed by atoms with E-state index < -0.39 is 96.2 Å². The third-order valence-electron chi connectivity index (χ3n) is 6.81. The highest BCUT2D eigenvalue weighted by Crippen LogP contribution is 2.44. The summed E-state index contributed by atoms with van der Waals surface area (Å²) < 4.78 is 52.0. The van der Waals surface area contributed by atoms with E-state index >= 15 is 0 Å². The normalized spacial score (nSPS) is 16.1. The third kappa shape index (κ3) is 7.25. The van der Waals surface area contributed by atoms with Crippen molar-refractivity contribution in [3.05, 3.63) is 112 Å². The Hall–Kier alpha value is -5.88. The van der Waals surface area contributed by atoms with Crippen LogP contribution in [-0.2, 0) is 25.2 Å². The van der Waals surface area contributed by atoms with Gasteiger partial charge in [-0.15, -0.1) is 0 Å². The van der Waals surface area contributed by atoms with E-state index in [0.717, 1.165) is 26.2 Å². The van der Waals surface area contributed by atoms with Gasteiger partial charge in [-0.3, -0.25) is 35.1 Å². The second kappa shape index (κ2) is 13.4. The van der Waals surface area contributed by atoms with E-state index in [2.05, 4.69) is 15.4 Å². The Morgan fingerprint density at radius 1 is 0.935 bits per heavy atom. The summed E-state index contributed by atoms with van der Waals surface area (Å²) in [5, 5.41) is 39.2. The van der Waals surface area contributed by atoms with Crippen LogP contribution in [0.3, 0.4) is 0 Å². The Kier molecular flexibility index (Phi) is 10.1. The molecular weight excluding hydrogens is 627 g/mol. The number of esters is 2. The number of dihydropyridines is 1. The monoisotopic (exact) mass is 651 g/mol. The molecule has 3 rings (SSSR count). The standard InChI is InChI=1S/C27H24F3N5O11/c1-12-20(21(23(35(43)44)13(2)31-12)18-7-5-6-8-19(18)27(28,29)30)25(37)46-14(3)22(26(38)45-4)32-24(36)15-9-16(33(39)40)11-17(10-15)34(41)42/h5-11,14,21-22,31H,1-4H3,(H,32,36)/t14-,21+,22+/m0/s1. The molecule has 0 aliphatic carbocycles. The van der Waals surface area contributed by atoms with Crippen molar-refractivity contribution in [2.75, 3.05) is 7.11 Å². The quantitative estimate of drug-likeness (QED) is 0.212. The smallest absolute Gasteiger partial charge is 0.416 e. The Labute approximate surface area is 256 Å². The van der Waals surface area contributed by atoms with Gasteiger partial charge in [-0.1, -0.05) is 18.2 Å². The second-order valence-electron chi connectivity index (χ2n) is 9.79. The van der Waals surface area contributed by atoms with Crippen molar-refractivity contribution in [3.8, 4) is 0 Å². The molecule has 1 aliphatic heterocycles. The molecule has 2 aromatic carbocycles. The zero-order valence-electron chi connectivity index (χ0n) is 24.2. The van der Waals surface area contributed by atoms with E-state index in [1.54, 1.807) is 0 Å². The lowest BCUT2D eigenvalue weighted by molar-refractivity contribution is -0.431. The Bertz CT molecular complexity index is 1670. The van der Waals surface area contributed by atoms with Gasteiger partial charge >= 0.3 is 18.1 Å². The minimum atomic E-state index is -4.98. The lowest BCUT2D eigenvalue weighted by Gasteiger charge is -2.30. The molecule has 0 fully saturated rings. The highest BCUT2D eigenvalue weighted by molar-refractivity contribution is 5.98. The maximum absolute atomic E-state index is 14.0. The number of nitro benzene ring substituents is 2. The topological polar surface area (TPSA) is 223 Å². The summed E-state index contributed by atoms with van der Waals surface area (Å²) >= 11 is 0. The number of rotatable bonds is 10. The summed E-state index contributed by atoms with van der Waals surface area (Å²) in [5.74, 6) is -5.78. The van der Waals surface area contributed by atoms with Crippen molar-refractivity contribution in [1.29, 1.82) is 0 Å². The Balaban J connectivity index is 2.03. The number of methoxy groups -OCH3 is 1. The van der Waals surface area contributed by atoms with Gasteiger partial charge in [0, 0.05) is 17.8 Å². The molecular formula is C27H24F3N5O11. The van der Waals surface area contributed by atoms with E-state index in [9.17, 15) is 57.9 Å². The van der Waals surface area contributed by atoms with Crippen LogP contribution in [0.4, 0.5) is 24.5 Å². The number of nitro groups is 3. The van der Waals surface area contributed by atoms with Crippen LogP contribution in [0.15, 0.2) is 65.1 Å². The molecule has 0 aromatic heterocycles. The Morgan fingerprint density at radius 3 is 2.00 bits per heavy atom. The van der Waals surface area contributed by atoms with Crippen molar-refractivity contribution >= 4 is 29.2 Å². The van der Waals surface area contributed by atoms with Gasteiger partial charge in [0.1, 0.15) is 12.0 Å². The molecule has 19 heteroatoms. The predicted octanol–water partition coefficient (Wildman–Crippen LogP) is 3.89. The zero-order chi connectivity index (χ0) is 34.7. The summed E-state index contributed by atoms with van der Waals surface area (Å²) in [5.41, 5.74) is -5.81. The molecule has 2 aromatic rings. The molecule has 2 N–H and O–H groups in total.